The van der Waals surface area contributed by atoms with Crippen molar-refractivity contribution in [2.45, 2.75) is 19.2 Å². The summed E-state index contributed by atoms with van der Waals surface area (Å²) in [5, 5.41) is 4.22. The molecular weight excluding hydrogens is 280 g/mol. The van der Waals surface area contributed by atoms with Crippen LogP contribution in [-0.2, 0) is 17.8 Å². The maximum atomic E-state index is 11.1. The molecule has 1 amide bonds. The highest BCUT2D eigenvalue weighted by molar-refractivity contribution is 5.92. The van der Waals surface area contributed by atoms with Crippen molar-refractivity contribution in [2.75, 3.05) is 19.7 Å². The van der Waals surface area contributed by atoms with Crippen LogP contribution in [0.1, 0.15) is 15.9 Å². The van der Waals surface area contributed by atoms with Crippen LogP contribution in [-0.4, -0.2) is 46.4 Å². The number of hydrogen-bond acceptors (Lipinski definition) is 4. The van der Waals surface area contributed by atoms with Crippen molar-refractivity contribution in [3.63, 3.8) is 0 Å². The third-order valence-corrected chi connectivity index (χ3v) is 3.82. The fourth-order valence-electron chi connectivity index (χ4n) is 2.68. The molecule has 1 aromatic heterocycles. The van der Waals surface area contributed by atoms with Gasteiger partial charge >= 0.3 is 0 Å². The Kier molecular flexibility index (Phi) is 4.50. The Morgan fingerprint density at radius 2 is 2.18 bits per heavy atom. The average molecular weight is 300 g/mol. The first-order chi connectivity index (χ1) is 10.7. The van der Waals surface area contributed by atoms with Crippen LogP contribution in [0.25, 0.3) is 0 Å². The molecule has 3 rings (SSSR count). The molecule has 1 atom stereocenters. The lowest BCUT2D eigenvalue weighted by Crippen LogP contribution is -2.43. The summed E-state index contributed by atoms with van der Waals surface area (Å²) in [7, 11) is 0. The molecule has 1 fully saturated rings. The second kappa shape index (κ2) is 6.72. The van der Waals surface area contributed by atoms with Crippen LogP contribution in [0.5, 0.6) is 0 Å². The summed E-state index contributed by atoms with van der Waals surface area (Å²) in [4.78, 5) is 13.4. The number of carbonyl (C=O) groups is 1. The molecule has 116 valence electrons. The van der Waals surface area contributed by atoms with Crippen molar-refractivity contribution in [3.05, 3.63) is 53.9 Å². The molecule has 0 unspecified atom stereocenters. The smallest absolute Gasteiger partial charge is 0.248 e. The highest BCUT2D eigenvalue weighted by Crippen LogP contribution is 2.12. The van der Waals surface area contributed by atoms with E-state index in [1.54, 1.807) is 18.3 Å². The molecule has 6 nitrogen and oxygen atoms in total. The van der Waals surface area contributed by atoms with Gasteiger partial charge in [-0.1, -0.05) is 12.1 Å². The monoisotopic (exact) mass is 300 g/mol. The Morgan fingerprint density at radius 1 is 1.36 bits per heavy atom. The Labute approximate surface area is 129 Å². The van der Waals surface area contributed by atoms with E-state index in [1.165, 1.54) is 5.56 Å². The maximum absolute atomic E-state index is 11.1. The Balaban J connectivity index is 1.56. The predicted molar refractivity (Wildman–Crippen MR) is 82.2 cm³/mol. The van der Waals surface area contributed by atoms with E-state index in [0.29, 0.717) is 5.56 Å². The summed E-state index contributed by atoms with van der Waals surface area (Å²) in [6.07, 6.45) is 3.88. The minimum atomic E-state index is -0.391. The van der Waals surface area contributed by atoms with Crippen molar-refractivity contribution < 1.29 is 9.53 Å². The number of nitrogens with two attached hydrogens (primary N) is 1. The first-order valence-electron chi connectivity index (χ1n) is 7.41. The zero-order valence-electron chi connectivity index (χ0n) is 12.4. The fourth-order valence-corrected chi connectivity index (χ4v) is 2.68. The van der Waals surface area contributed by atoms with Gasteiger partial charge in [0.15, 0.2) is 0 Å². The first kappa shape index (κ1) is 14.7. The maximum Gasteiger partial charge on any atom is 0.248 e. The number of rotatable bonds is 5. The molecule has 6 heteroatoms. The molecule has 1 aliphatic rings. The molecule has 1 aromatic carbocycles. The lowest BCUT2D eigenvalue weighted by Gasteiger charge is -2.32. The van der Waals surface area contributed by atoms with E-state index in [1.807, 2.05) is 29.1 Å². The van der Waals surface area contributed by atoms with E-state index >= 15 is 0 Å². The van der Waals surface area contributed by atoms with Crippen molar-refractivity contribution in [1.29, 1.82) is 0 Å². The molecule has 2 N–H and O–H groups in total. The lowest BCUT2D eigenvalue weighted by atomic mass is 10.1. The van der Waals surface area contributed by atoms with E-state index in [9.17, 15) is 4.79 Å². The number of benzene rings is 1. The molecule has 22 heavy (non-hydrogen) atoms. The number of carbonyl (C=O) groups excluding carboxylic acids is 1. The molecule has 0 radical (unpaired) electrons. The topological polar surface area (TPSA) is 73.4 Å². The van der Waals surface area contributed by atoms with Gasteiger partial charge in [0.2, 0.25) is 5.91 Å². The van der Waals surface area contributed by atoms with Gasteiger partial charge in [-0.2, -0.15) is 5.10 Å². The van der Waals surface area contributed by atoms with Crippen LogP contribution >= 0.6 is 0 Å². The van der Waals surface area contributed by atoms with Crippen LogP contribution in [0.2, 0.25) is 0 Å². The molecule has 2 heterocycles. The lowest BCUT2D eigenvalue weighted by molar-refractivity contribution is -0.0402. The quantitative estimate of drug-likeness (QED) is 0.890. The Morgan fingerprint density at radius 3 is 2.86 bits per heavy atom. The molecule has 0 bridgehead atoms. The molecule has 1 aliphatic heterocycles. The largest absolute Gasteiger partial charge is 0.374 e. The minimum Gasteiger partial charge on any atom is -0.374 e. The van der Waals surface area contributed by atoms with Gasteiger partial charge in [-0.3, -0.25) is 14.4 Å². The van der Waals surface area contributed by atoms with Gasteiger partial charge in [-0.25, -0.2) is 0 Å². The van der Waals surface area contributed by atoms with Gasteiger partial charge in [0.1, 0.15) is 0 Å². The van der Waals surface area contributed by atoms with Crippen LogP contribution < -0.4 is 5.73 Å². The number of hydrogen-bond donors (Lipinski definition) is 1. The highest BCUT2D eigenvalue weighted by Gasteiger charge is 2.21. The second-order valence-electron chi connectivity index (χ2n) is 5.52. The van der Waals surface area contributed by atoms with E-state index in [0.717, 1.165) is 32.8 Å². The van der Waals surface area contributed by atoms with Gasteiger partial charge in [0, 0.05) is 37.6 Å². The first-order valence-corrected chi connectivity index (χ1v) is 7.41. The summed E-state index contributed by atoms with van der Waals surface area (Å²) in [5.74, 6) is -0.391. The van der Waals surface area contributed by atoms with Gasteiger partial charge in [-0.15, -0.1) is 0 Å². The number of amides is 1. The van der Waals surface area contributed by atoms with Crippen LogP contribution in [0.3, 0.4) is 0 Å². The van der Waals surface area contributed by atoms with Crippen molar-refractivity contribution in [3.8, 4) is 0 Å². The third-order valence-electron chi connectivity index (χ3n) is 3.82. The third kappa shape index (κ3) is 3.72. The Bertz CT molecular complexity index is 610. The van der Waals surface area contributed by atoms with Gasteiger partial charge in [0.05, 0.1) is 19.3 Å². The SMILES string of the molecule is NC(=O)c1ccc(CN2CCO[C@@H](Cn3cccn3)C2)cc1. The van der Waals surface area contributed by atoms with Crippen molar-refractivity contribution in [1.82, 2.24) is 14.7 Å². The average Bonchev–Trinajstić information content (AvgIpc) is 3.01. The molecule has 2 aromatic rings. The predicted octanol–water partition coefficient (Wildman–Crippen LogP) is 0.883. The zero-order valence-corrected chi connectivity index (χ0v) is 12.4. The highest BCUT2D eigenvalue weighted by atomic mass is 16.5. The summed E-state index contributed by atoms with van der Waals surface area (Å²) in [5.41, 5.74) is 6.97. The van der Waals surface area contributed by atoms with Gasteiger partial charge in [-0.05, 0) is 23.8 Å². The van der Waals surface area contributed by atoms with E-state index in [4.69, 9.17) is 10.5 Å². The minimum absolute atomic E-state index is 0.151. The number of aromatic nitrogens is 2. The summed E-state index contributed by atoms with van der Waals surface area (Å²) < 4.78 is 7.70. The molecule has 0 saturated carbocycles. The van der Waals surface area contributed by atoms with E-state index in [-0.39, 0.29) is 6.10 Å². The van der Waals surface area contributed by atoms with E-state index in [2.05, 4.69) is 10.00 Å². The summed E-state index contributed by atoms with van der Waals surface area (Å²) in [6.45, 7) is 4.12. The van der Waals surface area contributed by atoms with E-state index < -0.39 is 5.91 Å². The molecule has 0 spiro atoms. The standard InChI is InChI=1S/C16H20N4O2/c17-16(21)14-4-2-13(3-5-14)10-19-8-9-22-15(11-19)12-20-7-1-6-18-20/h1-7,15H,8-12H2,(H2,17,21)/t15-/m1/s1. The van der Waals surface area contributed by atoms with Crippen LogP contribution in [0.15, 0.2) is 42.7 Å². The van der Waals surface area contributed by atoms with Crippen LogP contribution in [0.4, 0.5) is 0 Å². The van der Waals surface area contributed by atoms with Crippen molar-refractivity contribution in [2.24, 2.45) is 5.73 Å². The number of ether oxygens (including phenoxy) is 1. The summed E-state index contributed by atoms with van der Waals surface area (Å²) in [6, 6.07) is 9.38. The normalized spacial score (nSPS) is 19.2. The Hall–Kier alpha value is -2.18. The molecule has 1 saturated heterocycles. The van der Waals surface area contributed by atoms with Crippen molar-refractivity contribution >= 4 is 5.91 Å². The van der Waals surface area contributed by atoms with Gasteiger partial charge in [0.25, 0.3) is 0 Å². The summed E-state index contributed by atoms with van der Waals surface area (Å²) >= 11 is 0. The molecular formula is C16H20N4O2. The molecule has 0 aliphatic carbocycles. The van der Waals surface area contributed by atoms with Crippen LogP contribution in [0, 0.1) is 0 Å². The fraction of sp³-hybridized carbons (Fsp3) is 0.375. The number of primary amides is 1. The second-order valence-corrected chi connectivity index (χ2v) is 5.52. The number of nitrogens with zero attached hydrogens (tertiary/aromatic N) is 3. The zero-order chi connectivity index (χ0) is 15.4. The number of morpholine rings is 1. The van der Waals surface area contributed by atoms with Gasteiger partial charge < -0.3 is 10.5 Å².